The molecular formula is C47H34N3O2Pt-. The van der Waals surface area contributed by atoms with Crippen LogP contribution < -0.4 is 0 Å². The van der Waals surface area contributed by atoms with Gasteiger partial charge in [-0.1, -0.05) is 90.0 Å². The van der Waals surface area contributed by atoms with Crippen molar-refractivity contribution in [3.63, 3.8) is 0 Å². The number of phenols is 1. The van der Waals surface area contributed by atoms with Crippen molar-refractivity contribution < 1.29 is 30.6 Å². The molecule has 0 unspecified atom stereocenters. The van der Waals surface area contributed by atoms with Gasteiger partial charge in [0.1, 0.15) is 16.9 Å². The fourth-order valence-corrected chi connectivity index (χ4v) is 7.17. The number of para-hydroxylation sites is 2. The zero-order chi connectivity index (χ0) is 35.3. The summed E-state index contributed by atoms with van der Waals surface area (Å²) in [4.78, 5) is 10.0. The smallest absolute Gasteiger partial charge is 0.136 e. The van der Waals surface area contributed by atoms with Crippen molar-refractivity contribution in [2.75, 3.05) is 0 Å². The Bertz CT molecular complexity index is 2800. The summed E-state index contributed by atoms with van der Waals surface area (Å²) in [6.45, 7) is 3.93. The van der Waals surface area contributed by atoms with E-state index in [1.165, 1.54) is 0 Å². The summed E-state index contributed by atoms with van der Waals surface area (Å²) in [5, 5.41) is 13.3. The van der Waals surface area contributed by atoms with E-state index in [2.05, 4.69) is 84.4 Å². The molecule has 0 amide bonds. The molecule has 4 aromatic heterocycles. The largest absolute Gasteiger partial charge is 0.507 e. The summed E-state index contributed by atoms with van der Waals surface area (Å²) >= 11 is 0. The van der Waals surface area contributed by atoms with Crippen LogP contribution >= 0.6 is 0 Å². The van der Waals surface area contributed by atoms with E-state index in [1.54, 1.807) is 0 Å². The quantitative estimate of drug-likeness (QED) is 0.169. The molecule has 0 fully saturated rings. The first-order valence-electron chi connectivity index (χ1n) is 17.4. The number of hydrogen-bond acceptors (Lipinski definition) is 4. The second-order valence-electron chi connectivity index (χ2n) is 13.3. The SMILES string of the molecule is Cc1cc(-c2ccc(-c3ccc4c(c3)oc3ccccc34)n2C)cc(-c2[c-]c(-c3cc(-c4ccccc4)cc(-c4cccc(C)c4O)n3)ccc2)n1.[Pt]. The Kier molecular flexibility index (Phi) is 8.90. The van der Waals surface area contributed by atoms with E-state index in [1.807, 2.05) is 92.7 Å². The van der Waals surface area contributed by atoms with Gasteiger partial charge in [-0.15, -0.1) is 24.3 Å². The molecule has 0 saturated carbocycles. The molecule has 0 aliphatic carbocycles. The van der Waals surface area contributed by atoms with E-state index in [0.29, 0.717) is 11.3 Å². The van der Waals surface area contributed by atoms with Crippen LogP contribution in [0.2, 0.25) is 0 Å². The average molecular weight is 868 g/mol. The Morgan fingerprint density at radius 1 is 0.547 bits per heavy atom. The number of aromatic nitrogens is 3. The molecule has 260 valence electrons. The molecule has 5 nitrogen and oxygen atoms in total. The van der Waals surface area contributed by atoms with Crippen molar-refractivity contribution in [1.82, 2.24) is 14.5 Å². The van der Waals surface area contributed by atoms with Crippen molar-refractivity contribution >= 4 is 21.9 Å². The first-order chi connectivity index (χ1) is 25.4. The second-order valence-corrected chi connectivity index (χ2v) is 13.3. The maximum Gasteiger partial charge on any atom is 0.136 e. The van der Waals surface area contributed by atoms with Crippen molar-refractivity contribution in [3.8, 4) is 73.2 Å². The van der Waals surface area contributed by atoms with Gasteiger partial charge in [-0.2, -0.15) is 0 Å². The molecule has 9 rings (SSSR count). The van der Waals surface area contributed by atoms with Crippen molar-refractivity contribution in [3.05, 3.63) is 163 Å². The number of benzene rings is 5. The van der Waals surface area contributed by atoms with Crippen LogP contribution in [0.3, 0.4) is 0 Å². The molecule has 4 heterocycles. The first-order valence-corrected chi connectivity index (χ1v) is 17.4. The summed E-state index contributed by atoms with van der Waals surface area (Å²) in [5.74, 6) is 0.235. The van der Waals surface area contributed by atoms with Crippen molar-refractivity contribution in [2.24, 2.45) is 7.05 Å². The van der Waals surface area contributed by atoms with Crippen LogP contribution in [0, 0.1) is 19.9 Å². The molecule has 5 aromatic carbocycles. The van der Waals surface area contributed by atoms with Gasteiger partial charge in [-0.3, -0.25) is 9.97 Å². The third kappa shape index (κ3) is 6.28. The summed E-state index contributed by atoms with van der Waals surface area (Å²) in [6.07, 6.45) is 0. The van der Waals surface area contributed by atoms with Gasteiger partial charge < -0.3 is 14.1 Å². The predicted molar refractivity (Wildman–Crippen MR) is 211 cm³/mol. The van der Waals surface area contributed by atoms with Crippen LogP contribution in [0.4, 0.5) is 0 Å². The molecule has 0 aliphatic rings. The number of rotatable bonds is 6. The number of fused-ring (bicyclic) bond motifs is 3. The minimum atomic E-state index is 0. The van der Waals surface area contributed by atoms with Crippen molar-refractivity contribution in [1.29, 1.82) is 0 Å². The van der Waals surface area contributed by atoms with Gasteiger partial charge >= 0.3 is 0 Å². The second kappa shape index (κ2) is 13.8. The molecule has 0 radical (unpaired) electrons. The Labute approximate surface area is 322 Å². The maximum absolute atomic E-state index is 11.0. The van der Waals surface area contributed by atoms with Crippen LogP contribution in [0.15, 0.2) is 150 Å². The Morgan fingerprint density at radius 2 is 1.21 bits per heavy atom. The Hall–Kier alpha value is -6.03. The Balaban J connectivity index is 0.00000400. The monoisotopic (exact) mass is 867 g/mol. The van der Waals surface area contributed by atoms with Crippen LogP contribution in [-0.4, -0.2) is 19.6 Å². The minimum absolute atomic E-state index is 0. The number of aryl methyl sites for hydroxylation is 2. The number of phenolic OH excluding ortho intramolecular Hbond substituents is 1. The number of furan rings is 1. The Morgan fingerprint density at radius 3 is 2.02 bits per heavy atom. The minimum Gasteiger partial charge on any atom is -0.507 e. The van der Waals surface area contributed by atoms with Gasteiger partial charge in [-0.05, 0) is 84.6 Å². The van der Waals surface area contributed by atoms with Crippen molar-refractivity contribution in [2.45, 2.75) is 13.8 Å². The molecule has 0 bridgehead atoms. The van der Waals surface area contributed by atoms with Gasteiger partial charge in [0, 0.05) is 78.5 Å². The summed E-state index contributed by atoms with van der Waals surface area (Å²) in [5.41, 5.74) is 14.6. The van der Waals surface area contributed by atoms with Gasteiger partial charge in [0.2, 0.25) is 0 Å². The van der Waals surface area contributed by atoms with E-state index in [0.717, 1.165) is 89.4 Å². The molecule has 0 saturated heterocycles. The molecular weight excluding hydrogens is 834 g/mol. The van der Waals surface area contributed by atoms with Crippen LogP contribution in [0.5, 0.6) is 5.75 Å². The topological polar surface area (TPSA) is 64.1 Å². The maximum atomic E-state index is 11.0. The first kappa shape index (κ1) is 34.1. The third-order valence-corrected chi connectivity index (χ3v) is 9.84. The molecule has 0 aliphatic heterocycles. The normalized spacial score (nSPS) is 11.2. The van der Waals surface area contributed by atoms with Gasteiger partial charge in [0.05, 0.1) is 5.69 Å². The van der Waals surface area contributed by atoms with Crippen LogP contribution in [0.1, 0.15) is 11.3 Å². The number of hydrogen-bond donors (Lipinski definition) is 1. The van der Waals surface area contributed by atoms with Gasteiger partial charge in [0.25, 0.3) is 0 Å². The van der Waals surface area contributed by atoms with E-state index in [4.69, 9.17) is 14.4 Å². The molecule has 6 heteroatoms. The van der Waals surface area contributed by atoms with E-state index < -0.39 is 0 Å². The zero-order valence-electron chi connectivity index (χ0n) is 29.4. The van der Waals surface area contributed by atoms with Gasteiger partial charge in [0.15, 0.2) is 0 Å². The van der Waals surface area contributed by atoms with Crippen LogP contribution in [0.25, 0.3) is 89.4 Å². The van der Waals surface area contributed by atoms with Crippen LogP contribution in [-0.2, 0) is 28.1 Å². The zero-order valence-corrected chi connectivity index (χ0v) is 31.6. The fourth-order valence-electron chi connectivity index (χ4n) is 7.17. The third-order valence-electron chi connectivity index (χ3n) is 9.84. The number of nitrogens with zero attached hydrogens (tertiary/aromatic N) is 3. The molecule has 0 spiro atoms. The van der Waals surface area contributed by atoms with E-state index >= 15 is 0 Å². The molecule has 1 N–H and O–H groups in total. The fraction of sp³-hybridized carbons (Fsp3) is 0.0638. The number of aromatic hydroxyl groups is 1. The molecule has 0 atom stereocenters. The molecule has 9 aromatic rings. The summed E-state index contributed by atoms with van der Waals surface area (Å²) < 4.78 is 8.43. The average Bonchev–Trinajstić information content (AvgIpc) is 3.75. The molecule has 53 heavy (non-hydrogen) atoms. The number of pyridine rings is 2. The summed E-state index contributed by atoms with van der Waals surface area (Å²) in [6, 6.07) is 53.1. The standard InChI is InChI=1S/C47H34N3O2.Pt/c1-29-11-9-17-39(47(29)51)42-26-35(31-12-5-4-6-13-31)25-41(49-42)33-15-10-14-32(24-33)40-27-36(23-30(2)48-40)44-22-21-43(50(44)3)34-19-20-38-37-16-7-8-18-45(37)52-46(38)28-34;/h4-23,25-28,51H,1-3H3;/q-1;. The van der Waals surface area contributed by atoms with E-state index in [9.17, 15) is 5.11 Å². The summed E-state index contributed by atoms with van der Waals surface area (Å²) in [7, 11) is 2.10. The van der Waals surface area contributed by atoms with Gasteiger partial charge in [-0.25, -0.2) is 0 Å². The predicted octanol–water partition coefficient (Wildman–Crippen LogP) is 11.8. The van der Waals surface area contributed by atoms with E-state index in [-0.39, 0.29) is 26.8 Å².